The van der Waals surface area contributed by atoms with E-state index in [0.29, 0.717) is 18.4 Å². The van der Waals surface area contributed by atoms with Crippen LogP contribution in [-0.4, -0.2) is 56.2 Å². The number of rotatable bonds is 6. The minimum absolute atomic E-state index is 0.0810. The minimum atomic E-state index is -0.114. The zero-order valence-electron chi connectivity index (χ0n) is 16.8. The van der Waals surface area contributed by atoms with Gasteiger partial charge in [0.2, 0.25) is 0 Å². The van der Waals surface area contributed by atoms with Crippen molar-refractivity contribution in [2.24, 2.45) is 11.8 Å². The first-order valence-corrected chi connectivity index (χ1v) is 10.6. The fraction of sp³-hybridized carbons (Fsp3) is 0.810. The van der Waals surface area contributed by atoms with Crippen molar-refractivity contribution in [3.8, 4) is 0 Å². The van der Waals surface area contributed by atoms with Crippen LogP contribution >= 0.6 is 0 Å². The fourth-order valence-electron chi connectivity index (χ4n) is 4.66. The van der Waals surface area contributed by atoms with E-state index < -0.39 is 0 Å². The number of hydrogen-bond donors (Lipinski definition) is 2. The van der Waals surface area contributed by atoms with Gasteiger partial charge in [-0.3, -0.25) is 0 Å². The normalized spacial score (nSPS) is 28.9. The van der Waals surface area contributed by atoms with Gasteiger partial charge in [0, 0.05) is 30.5 Å². The zero-order valence-corrected chi connectivity index (χ0v) is 16.8. The van der Waals surface area contributed by atoms with Crippen molar-refractivity contribution in [3.63, 3.8) is 0 Å². The lowest BCUT2D eigenvalue weighted by atomic mass is 9.76. The molecule has 2 N–H and O–H groups in total. The molecule has 27 heavy (non-hydrogen) atoms. The van der Waals surface area contributed by atoms with Gasteiger partial charge in [0.25, 0.3) is 0 Å². The summed E-state index contributed by atoms with van der Waals surface area (Å²) in [6.45, 7) is 1.63. The molecular formula is C21H35N3O3. The number of hydrogen-bond acceptors (Lipinski definition) is 4. The van der Waals surface area contributed by atoms with E-state index in [4.69, 9.17) is 4.74 Å². The molecular weight excluding hydrogens is 342 g/mol. The molecule has 0 aromatic heterocycles. The SMILES string of the molecule is CN(C)CCCNC(=O)NC1CCC2C=C(C3CCCCC3)C(=O)OC2C1. The molecule has 0 radical (unpaired) electrons. The molecule has 2 fully saturated rings. The van der Waals surface area contributed by atoms with E-state index in [9.17, 15) is 9.59 Å². The first-order chi connectivity index (χ1) is 13.0. The number of carbonyl (C=O) groups excluding carboxylic acids is 2. The van der Waals surface area contributed by atoms with E-state index in [2.05, 4.69) is 21.6 Å². The van der Waals surface area contributed by atoms with E-state index in [1.807, 2.05) is 14.1 Å². The van der Waals surface area contributed by atoms with Crippen LogP contribution in [0, 0.1) is 11.8 Å². The molecule has 6 nitrogen and oxygen atoms in total. The van der Waals surface area contributed by atoms with Gasteiger partial charge in [0.15, 0.2) is 0 Å². The summed E-state index contributed by atoms with van der Waals surface area (Å²) in [4.78, 5) is 26.7. The number of ether oxygens (including phenoxy) is 1. The monoisotopic (exact) mass is 377 g/mol. The molecule has 1 heterocycles. The predicted molar refractivity (Wildman–Crippen MR) is 105 cm³/mol. The number of esters is 1. The topological polar surface area (TPSA) is 70.7 Å². The average Bonchev–Trinajstić information content (AvgIpc) is 2.65. The van der Waals surface area contributed by atoms with Crippen molar-refractivity contribution < 1.29 is 14.3 Å². The van der Waals surface area contributed by atoms with Crippen LogP contribution in [-0.2, 0) is 9.53 Å². The van der Waals surface area contributed by atoms with Gasteiger partial charge in [-0.2, -0.15) is 0 Å². The Bertz CT molecular complexity index is 555. The van der Waals surface area contributed by atoms with E-state index in [1.165, 1.54) is 19.3 Å². The molecule has 6 heteroatoms. The first kappa shape index (κ1) is 20.2. The van der Waals surface area contributed by atoms with Gasteiger partial charge in [-0.25, -0.2) is 9.59 Å². The molecule has 3 rings (SSSR count). The lowest BCUT2D eigenvalue weighted by molar-refractivity contribution is -0.151. The molecule has 2 saturated carbocycles. The highest BCUT2D eigenvalue weighted by Gasteiger charge is 2.39. The summed E-state index contributed by atoms with van der Waals surface area (Å²) >= 11 is 0. The number of fused-ring (bicyclic) bond motifs is 1. The first-order valence-electron chi connectivity index (χ1n) is 10.6. The highest BCUT2D eigenvalue weighted by molar-refractivity contribution is 5.90. The third-order valence-corrected chi connectivity index (χ3v) is 6.18. The second-order valence-electron chi connectivity index (χ2n) is 8.63. The highest BCUT2D eigenvalue weighted by Crippen LogP contribution is 2.38. The Hall–Kier alpha value is -1.56. The van der Waals surface area contributed by atoms with Crippen molar-refractivity contribution >= 4 is 12.0 Å². The van der Waals surface area contributed by atoms with Crippen molar-refractivity contribution in [1.29, 1.82) is 0 Å². The predicted octanol–water partition coefficient (Wildman–Crippen LogP) is 2.84. The van der Waals surface area contributed by atoms with Crippen LogP contribution in [0.1, 0.15) is 57.8 Å². The van der Waals surface area contributed by atoms with Gasteiger partial charge < -0.3 is 20.3 Å². The van der Waals surface area contributed by atoms with Crippen LogP contribution in [0.5, 0.6) is 0 Å². The Morgan fingerprint density at radius 2 is 1.96 bits per heavy atom. The maximum atomic E-state index is 12.5. The van der Waals surface area contributed by atoms with Crippen molar-refractivity contribution in [1.82, 2.24) is 15.5 Å². The van der Waals surface area contributed by atoms with Gasteiger partial charge >= 0.3 is 12.0 Å². The van der Waals surface area contributed by atoms with Gasteiger partial charge in [-0.15, -0.1) is 0 Å². The molecule has 2 amide bonds. The van der Waals surface area contributed by atoms with Crippen LogP contribution in [0.2, 0.25) is 0 Å². The standard InChI is InChI=1S/C21H35N3O3/c1-24(2)12-6-11-22-21(26)23-17-10-9-16-13-18(15-7-4-3-5-8-15)20(25)27-19(16)14-17/h13,15-17,19H,3-12,14H2,1-2H3,(H2,22,23,26). The van der Waals surface area contributed by atoms with Gasteiger partial charge in [0.05, 0.1) is 0 Å². The molecule has 3 unspecified atom stereocenters. The van der Waals surface area contributed by atoms with Gasteiger partial charge in [-0.05, 0) is 58.7 Å². The summed E-state index contributed by atoms with van der Waals surface area (Å²) in [6.07, 6.45) is 11.7. The van der Waals surface area contributed by atoms with Gasteiger partial charge in [0.1, 0.15) is 6.10 Å². The summed E-state index contributed by atoms with van der Waals surface area (Å²) < 4.78 is 5.81. The van der Waals surface area contributed by atoms with E-state index in [0.717, 1.165) is 50.6 Å². The average molecular weight is 378 g/mol. The van der Waals surface area contributed by atoms with Crippen molar-refractivity contribution in [2.45, 2.75) is 69.9 Å². The molecule has 3 aliphatic rings. The quantitative estimate of drug-likeness (QED) is 0.552. The van der Waals surface area contributed by atoms with Crippen LogP contribution in [0.3, 0.4) is 0 Å². The third-order valence-electron chi connectivity index (χ3n) is 6.18. The summed E-state index contributed by atoms with van der Waals surface area (Å²) in [5.74, 6) is 0.605. The molecule has 1 aliphatic heterocycles. The summed E-state index contributed by atoms with van der Waals surface area (Å²) in [6, 6.07) is -0.0321. The minimum Gasteiger partial charge on any atom is -0.458 e. The van der Waals surface area contributed by atoms with Crippen molar-refractivity contribution in [3.05, 3.63) is 11.6 Å². The number of urea groups is 1. The maximum Gasteiger partial charge on any atom is 0.334 e. The fourth-order valence-corrected chi connectivity index (χ4v) is 4.66. The smallest absolute Gasteiger partial charge is 0.334 e. The zero-order chi connectivity index (χ0) is 19.2. The van der Waals surface area contributed by atoms with Crippen LogP contribution < -0.4 is 10.6 Å². The Morgan fingerprint density at radius 3 is 2.70 bits per heavy atom. The Balaban J connectivity index is 1.46. The Morgan fingerprint density at radius 1 is 1.19 bits per heavy atom. The van der Waals surface area contributed by atoms with Crippen LogP contribution in [0.4, 0.5) is 4.79 Å². The molecule has 0 aromatic rings. The number of nitrogens with zero attached hydrogens (tertiary/aromatic N) is 1. The molecule has 0 bridgehead atoms. The molecule has 0 aromatic carbocycles. The number of amides is 2. The highest BCUT2D eigenvalue weighted by atomic mass is 16.5. The summed E-state index contributed by atoms with van der Waals surface area (Å²) in [7, 11) is 4.05. The van der Waals surface area contributed by atoms with E-state index in [-0.39, 0.29) is 24.1 Å². The largest absolute Gasteiger partial charge is 0.458 e. The second-order valence-corrected chi connectivity index (χ2v) is 8.63. The summed E-state index contributed by atoms with van der Waals surface area (Å²) in [5.41, 5.74) is 0.931. The summed E-state index contributed by atoms with van der Waals surface area (Å²) in [5, 5.41) is 5.97. The lowest BCUT2D eigenvalue weighted by Gasteiger charge is -2.39. The van der Waals surface area contributed by atoms with E-state index in [1.54, 1.807) is 0 Å². The third kappa shape index (κ3) is 5.71. The molecule has 152 valence electrons. The molecule has 0 saturated heterocycles. The molecule has 0 spiro atoms. The number of carbonyl (C=O) groups is 2. The second kappa shape index (κ2) is 9.58. The Kier molecular flexibility index (Phi) is 7.16. The maximum absolute atomic E-state index is 12.5. The molecule has 3 atom stereocenters. The van der Waals surface area contributed by atoms with Gasteiger partial charge in [-0.1, -0.05) is 25.3 Å². The number of nitrogens with one attached hydrogen (secondary N) is 2. The van der Waals surface area contributed by atoms with E-state index >= 15 is 0 Å². The van der Waals surface area contributed by atoms with Crippen molar-refractivity contribution in [2.75, 3.05) is 27.2 Å². The van der Waals surface area contributed by atoms with Crippen LogP contribution in [0.25, 0.3) is 0 Å². The lowest BCUT2D eigenvalue weighted by Crippen LogP contribution is -2.49. The molecule has 2 aliphatic carbocycles. The van der Waals surface area contributed by atoms with Crippen LogP contribution in [0.15, 0.2) is 11.6 Å². The Labute approximate surface area is 163 Å².